The molecule has 1 amide bonds. The molecular weight excluding hydrogens is 319 g/mol. The Balaban J connectivity index is 2.04. The van der Waals surface area contributed by atoms with Crippen molar-refractivity contribution in [2.75, 3.05) is 5.32 Å². The van der Waals surface area contributed by atoms with E-state index in [1.807, 2.05) is 0 Å². The second-order valence-corrected chi connectivity index (χ2v) is 5.08. The molecule has 0 heterocycles. The first-order valence-corrected chi connectivity index (χ1v) is 7.03. The maximum Gasteiger partial charge on any atom is 0.416 e. The predicted molar refractivity (Wildman–Crippen MR) is 85.6 cm³/mol. The number of ketones is 1. The van der Waals surface area contributed by atoms with Crippen molar-refractivity contribution in [1.82, 2.24) is 0 Å². The maximum atomic E-state index is 12.6. The van der Waals surface area contributed by atoms with Gasteiger partial charge in [-0.3, -0.25) is 9.59 Å². The van der Waals surface area contributed by atoms with Gasteiger partial charge in [0.15, 0.2) is 5.78 Å². The van der Waals surface area contributed by atoms with Crippen LogP contribution in [0.4, 0.5) is 18.9 Å². The molecule has 0 aliphatic carbocycles. The van der Waals surface area contributed by atoms with Crippen molar-refractivity contribution in [2.45, 2.75) is 13.1 Å². The van der Waals surface area contributed by atoms with E-state index in [4.69, 9.17) is 0 Å². The molecule has 0 saturated carbocycles. The number of anilines is 1. The summed E-state index contributed by atoms with van der Waals surface area (Å²) in [5.74, 6) is -0.569. The minimum atomic E-state index is -4.43. The van der Waals surface area contributed by atoms with Crippen LogP contribution in [0.2, 0.25) is 0 Å². The molecule has 2 aromatic rings. The van der Waals surface area contributed by atoms with E-state index in [0.717, 1.165) is 18.2 Å². The molecule has 6 heteroatoms. The van der Waals surface area contributed by atoms with E-state index >= 15 is 0 Å². The minimum Gasteiger partial charge on any atom is -0.323 e. The van der Waals surface area contributed by atoms with Gasteiger partial charge >= 0.3 is 6.18 Å². The molecule has 0 spiro atoms. The molecule has 0 bridgehead atoms. The van der Waals surface area contributed by atoms with Crippen molar-refractivity contribution in [2.24, 2.45) is 0 Å². The number of alkyl halides is 3. The number of halogens is 3. The molecule has 0 radical (unpaired) electrons. The van der Waals surface area contributed by atoms with Gasteiger partial charge in [-0.2, -0.15) is 13.2 Å². The van der Waals surface area contributed by atoms with Gasteiger partial charge in [0.2, 0.25) is 5.91 Å². The standard InChI is InChI=1S/C18H14F3NO2/c1-12(23)14-6-8-16(9-7-14)22-17(24)10-5-13-3-2-4-15(11-13)18(19,20)21/h2-11H,1H3,(H,22,24). The Hall–Kier alpha value is -2.89. The Morgan fingerprint density at radius 1 is 1.04 bits per heavy atom. The average Bonchev–Trinajstić information content (AvgIpc) is 2.53. The lowest BCUT2D eigenvalue weighted by Crippen LogP contribution is -2.08. The second-order valence-electron chi connectivity index (χ2n) is 5.08. The Morgan fingerprint density at radius 3 is 2.29 bits per heavy atom. The van der Waals surface area contributed by atoms with E-state index in [0.29, 0.717) is 11.3 Å². The highest BCUT2D eigenvalue weighted by molar-refractivity contribution is 6.02. The molecule has 2 aromatic carbocycles. The lowest BCUT2D eigenvalue weighted by Gasteiger charge is -2.06. The quantitative estimate of drug-likeness (QED) is 0.658. The number of amides is 1. The topological polar surface area (TPSA) is 46.2 Å². The van der Waals surface area contributed by atoms with Gasteiger partial charge in [0.05, 0.1) is 5.56 Å². The van der Waals surface area contributed by atoms with Crippen molar-refractivity contribution in [3.05, 3.63) is 71.3 Å². The summed E-state index contributed by atoms with van der Waals surface area (Å²) in [6.07, 6.45) is -1.98. The normalized spacial score (nSPS) is 11.5. The molecule has 24 heavy (non-hydrogen) atoms. The Labute approximate surface area is 136 Å². The Morgan fingerprint density at radius 2 is 1.71 bits per heavy atom. The van der Waals surface area contributed by atoms with Crippen molar-refractivity contribution in [3.63, 3.8) is 0 Å². The molecule has 124 valence electrons. The van der Waals surface area contributed by atoms with Crippen LogP contribution in [-0.4, -0.2) is 11.7 Å². The fraction of sp³-hybridized carbons (Fsp3) is 0.111. The van der Waals surface area contributed by atoms with E-state index in [2.05, 4.69) is 5.32 Å². The smallest absolute Gasteiger partial charge is 0.323 e. The van der Waals surface area contributed by atoms with Gasteiger partial charge in [-0.05, 0) is 55.0 Å². The molecule has 0 aliphatic rings. The molecule has 0 unspecified atom stereocenters. The SMILES string of the molecule is CC(=O)c1ccc(NC(=O)C=Cc2cccc(C(F)(F)F)c2)cc1. The van der Waals surface area contributed by atoms with E-state index in [9.17, 15) is 22.8 Å². The average molecular weight is 333 g/mol. The summed E-state index contributed by atoms with van der Waals surface area (Å²) in [6, 6.07) is 11.0. The second kappa shape index (κ2) is 7.12. The van der Waals surface area contributed by atoms with Gasteiger partial charge in [-0.1, -0.05) is 12.1 Å². The number of benzene rings is 2. The summed E-state index contributed by atoms with van der Waals surface area (Å²) < 4.78 is 37.8. The molecule has 2 rings (SSSR count). The van der Waals surface area contributed by atoms with Crippen LogP contribution in [0.25, 0.3) is 6.08 Å². The van der Waals surface area contributed by atoms with Crippen molar-refractivity contribution >= 4 is 23.5 Å². The lowest BCUT2D eigenvalue weighted by molar-refractivity contribution is -0.137. The summed E-state index contributed by atoms with van der Waals surface area (Å²) >= 11 is 0. The molecule has 1 N–H and O–H groups in total. The zero-order valence-corrected chi connectivity index (χ0v) is 12.7. The van der Waals surface area contributed by atoms with Crippen molar-refractivity contribution in [3.8, 4) is 0 Å². The van der Waals surface area contributed by atoms with Crippen LogP contribution in [0.1, 0.15) is 28.4 Å². The Bertz CT molecular complexity index is 778. The number of hydrogen-bond acceptors (Lipinski definition) is 2. The third kappa shape index (κ3) is 4.81. The summed E-state index contributed by atoms with van der Waals surface area (Å²) in [4.78, 5) is 23.0. The van der Waals surface area contributed by atoms with E-state index in [1.54, 1.807) is 24.3 Å². The fourth-order valence-electron chi connectivity index (χ4n) is 1.96. The molecule has 0 fully saturated rings. The highest BCUT2D eigenvalue weighted by Crippen LogP contribution is 2.29. The number of carbonyl (C=O) groups is 2. The number of rotatable bonds is 4. The summed E-state index contributed by atoms with van der Waals surface area (Å²) in [5, 5.41) is 2.56. The zero-order chi connectivity index (χ0) is 17.7. The van der Waals surface area contributed by atoms with Crippen LogP contribution in [0.5, 0.6) is 0 Å². The molecule has 0 atom stereocenters. The minimum absolute atomic E-state index is 0.0858. The van der Waals surface area contributed by atoms with Crippen molar-refractivity contribution in [1.29, 1.82) is 0 Å². The predicted octanol–water partition coefficient (Wildman–Crippen LogP) is 4.56. The first kappa shape index (κ1) is 17.5. The molecule has 0 aliphatic heterocycles. The first-order valence-electron chi connectivity index (χ1n) is 7.03. The highest BCUT2D eigenvalue weighted by atomic mass is 19.4. The van der Waals surface area contributed by atoms with Gasteiger partial charge in [-0.25, -0.2) is 0 Å². The van der Waals surface area contributed by atoms with Gasteiger partial charge in [0, 0.05) is 17.3 Å². The van der Waals surface area contributed by atoms with Crippen LogP contribution >= 0.6 is 0 Å². The van der Waals surface area contributed by atoms with Crippen LogP contribution in [0.3, 0.4) is 0 Å². The van der Waals surface area contributed by atoms with Gasteiger partial charge in [-0.15, -0.1) is 0 Å². The Kier molecular flexibility index (Phi) is 5.18. The number of hydrogen-bond donors (Lipinski definition) is 1. The first-order chi connectivity index (χ1) is 11.3. The number of nitrogens with one attached hydrogen (secondary N) is 1. The number of Topliss-reactive ketones (excluding diaryl/α,β-unsaturated/α-hetero) is 1. The highest BCUT2D eigenvalue weighted by Gasteiger charge is 2.30. The van der Waals surface area contributed by atoms with Gasteiger partial charge in [0.1, 0.15) is 0 Å². The maximum absolute atomic E-state index is 12.6. The van der Waals surface area contributed by atoms with Crippen LogP contribution in [0.15, 0.2) is 54.6 Å². The third-order valence-corrected chi connectivity index (χ3v) is 3.20. The van der Waals surface area contributed by atoms with E-state index < -0.39 is 17.6 Å². The molecule has 0 aromatic heterocycles. The monoisotopic (exact) mass is 333 g/mol. The van der Waals surface area contributed by atoms with E-state index in [-0.39, 0.29) is 11.3 Å². The zero-order valence-electron chi connectivity index (χ0n) is 12.7. The summed E-state index contributed by atoms with van der Waals surface area (Å²) in [6.45, 7) is 1.44. The van der Waals surface area contributed by atoms with E-state index in [1.165, 1.54) is 25.1 Å². The molecular formula is C18H14F3NO2. The lowest BCUT2D eigenvalue weighted by atomic mass is 10.1. The van der Waals surface area contributed by atoms with Crippen molar-refractivity contribution < 1.29 is 22.8 Å². The largest absolute Gasteiger partial charge is 0.416 e. The summed E-state index contributed by atoms with van der Waals surface area (Å²) in [5.41, 5.74) is 0.503. The van der Waals surface area contributed by atoms with Gasteiger partial charge < -0.3 is 5.32 Å². The number of carbonyl (C=O) groups excluding carboxylic acids is 2. The third-order valence-electron chi connectivity index (χ3n) is 3.20. The van der Waals surface area contributed by atoms with Crippen LogP contribution < -0.4 is 5.32 Å². The van der Waals surface area contributed by atoms with Gasteiger partial charge in [0.25, 0.3) is 0 Å². The van der Waals surface area contributed by atoms with Crippen LogP contribution in [0, 0.1) is 0 Å². The molecule has 3 nitrogen and oxygen atoms in total. The van der Waals surface area contributed by atoms with Crippen LogP contribution in [-0.2, 0) is 11.0 Å². The fourth-order valence-corrected chi connectivity index (χ4v) is 1.96. The summed E-state index contributed by atoms with van der Waals surface area (Å²) in [7, 11) is 0. The molecule has 0 saturated heterocycles.